The third kappa shape index (κ3) is 23.0. The number of carboxylic acids is 1. The molecule has 37 heavy (non-hydrogen) atoms. The second-order valence-electron chi connectivity index (χ2n) is 11.5. The lowest BCUT2D eigenvalue weighted by Gasteiger charge is -2.40. The maximum absolute atomic E-state index is 11.0. The summed E-state index contributed by atoms with van der Waals surface area (Å²) in [6.07, 6.45) is 21.3. The van der Waals surface area contributed by atoms with E-state index in [1.165, 1.54) is 77.0 Å². The number of aliphatic hydroxyl groups is 3. The highest BCUT2D eigenvalue weighted by atomic mass is 16.4. The molecule has 0 saturated heterocycles. The van der Waals surface area contributed by atoms with Crippen molar-refractivity contribution < 1.29 is 29.7 Å². The highest BCUT2D eigenvalue weighted by molar-refractivity contribution is 5.66. The summed E-state index contributed by atoms with van der Waals surface area (Å²) in [5.74, 6) is -0.768. The van der Waals surface area contributed by atoms with Gasteiger partial charge in [-0.3, -0.25) is 4.79 Å². The van der Waals surface area contributed by atoms with Gasteiger partial charge in [-0.2, -0.15) is 0 Å². The Morgan fingerprint density at radius 1 is 0.568 bits per heavy atom. The maximum Gasteiger partial charge on any atom is 0.303 e. The zero-order valence-corrected chi connectivity index (χ0v) is 24.7. The largest absolute Gasteiger partial charge is 0.481 e. The van der Waals surface area contributed by atoms with E-state index in [2.05, 4.69) is 13.8 Å². The Balaban J connectivity index is 4.63. The number of aliphatic carboxylic acids is 1. The van der Waals surface area contributed by atoms with Crippen molar-refractivity contribution >= 4 is 5.97 Å². The number of unbranched alkanes of at least 4 members (excludes halogenated alkanes) is 13. The van der Waals surface area contributed by atoms with Gasteiger partial charge >= 0.3 is 5.97 Å². The third-order valence-corrected chi connectivity index (χ3v) is 8.00. The van der Waals surface area contributed by atoms with Crippen LogP contribution in [-0.2, 0) is 4.79 Å². The fraction of sp³-hybridized carbons (Fsp3) is 0.968. The summed E-state index contributed by atoms with van der Waals surface area (Å²) in [6, 6.07) is 0. The van der Waals surface area contributed by atoms with Gasteiger partial charge < -0.3 is 24.9 Å². The summed E-state index contributed by atoms with van der Waals surface area (Å²) >= 11 is 0. The van der Waals surface area contributed by atoms with E-state index in [0.29, 0.717) is 30.3 Å². The standard InChI is InChI=1S/C31H63NO5/c1-3-5-7-9-11-13-15-19-29(34)22-25-32(27-28-33,24-18-17-21-31(36)37)26-23-30(35)20-16-14-12-10-8-6-4-2/h29-30,33-35H,3-28H2,1-2H3/p+1. The number of rotatable bonds is 29. The molecule has 4 N–H and O–H groups in total. The Labute approximate surface area is 229 Å². The molecule has 0 rings (SSSR count). The van der Waals surface area contributed by atoms with Crippen molar-refractivity contribution in [3.8, 4) is 0 Å². The Hall–Kier alpha value is -0.690. The average molecular weight is 531 g/mol. The second kappa shape index (κ2) is 25.6. The lowest BCUT2D eigenvalue weighted by atomic mass is 10.0. The van der Waals surface area contributed by atoms with Crippen LogP contribution in [0.1, 0.15) is 149 Å². The first-order valence-electron chi connectivity index (χ1n) is 15.9. The van der Waals surface area contributed by atoms with Crippen LogP contribution in [0.2, 0.25) is 0 Å². The van der Waals surface area contributed by atoms with E-state index in [1.807, 2.05) is 0 Å². The van der Waals surface area contributed by atoms with E-state index in [0.717, 1.165) is 51.7 Å². The minimum Gasteiger partial charge on any atom is -0.481 e. The fourth-order valence-electron chi connectivity index (χ4n) is 5.41. The van der Waals surface area contributed by atoms with Crippen LogP contribution in [0, 0.1) is 0 Å². The van der Waals surface area contributed by atoms with Gasteiger partial charge in [-0.25, -0.2) is 0 Å². The first kappa shape index (κ1) is 36.3. The number of aliphatic hydroxyl groups excluding tert-OH is 3. The monoisotopic (exact) mass is 530 g/mol. The normalized spacial score (nSPS) is 14.9. The van der Waals surface area contributed by atoms with Crippen LogP contribution in [0.15, 0.2) is 0 Å². The van der Waals surface area contributed by atoms with Gasteiger partial charge in [0, 0.05) is 19.3 Å². The van der Waals surface area contributed by atoms with Gasteiger partial charge in [0.25, 0.3) is 0 Å². The minimum atomic E-state index is -0.768. The Morgan fingerprint density at radius 2 is 1.00 bits per heavy atom. The average Bonchev–Trinajstić information content (AvgIpc) is 2.87. The van der Waals surface area contributed by atoms with Crippen molar-refractivity contribution in [2.45, 2.75) is 161 Å². The van der Waals surface area contributed by atoms with Gasteiger partial charge in [-0.05, 0) is 25.7 Å². The summed E-state index contributed by atoms with van der Waals surface area (Å²) in [6.45, 7) is 7.47. The lowest BCUT2D eigenvalue weighted by Crippen LogP contribution is -2.53. The molecule has 0 aliphatic carbocycles. The molecule has 0 aromatic heterocycles. The molecule has 0 aliphatic heterocycles. The van der Waals surface area contributed by atoms with Crippen molar-refractivity contribution in [1.82, 2.24) is 0 Å². The van der Waals surface area contributed by atoms with Crippen molar-refractivity contribution in [1.29, 1.82) is 0 Å². The van der Waals surface area contributed by atoms with Gasteiger partial charge in [0.2, 0.25) is 0 Å². The summed E-state index contributed by atoms with van der Waals surface area (Å²) in [7, 11) is 0. The molecule has 0 heterocycles. The predicted molar refractivity (Wildman–Crippen MR) is 155 cm³/mol. The zero-order chi connectivity index (χ0) is 27.6. The molecule has 0 bridgehead atoms. The molecule has 0 aromatic carbocycles. The van der Waals surface area contributed by atoms with E-state index < -0.39 is 5.97 Å². The van der Waals surface area contributed by atoms with Crippen LogP contribution in [-0.4, -0.2) is 75.9 Å². The van der Waals surface area contributed by atoms with E-state index in [-0.39, 0.29) is 25.2 Å². The van der Waals surface area contributed by atoms with Crippen molar-refractivity contribution in [3.63, 3.8) is 0 Å². The quantitative estimate of drug-likeness (QED) is 0.0627. The molecular weight excluding hydrogens is 466 g/mol. The van der Waals surface area contributed by atoms with Crippen LogP contribution in [0.3, 0.4) is 0 Å². The van der Waals surface area contributed by atoms with Gasteiger partial charge in [0.15, 0.2) is 0 Å². The Morgan fingerprint density at radius 3 is 1.41 bits per heavy atom. The Kier molecular flexibility index (Phi) is 25.1. The number of hydrogen-bond acceptors (Lipinski definition) is 4. The molecule has 0 fully saturated rings. The fourth-order valence-corrected chi connectivity index (χ4v) is 5.41. The van der Waals surface area contributed by atoms with Crippen molar-refractivity contribution in [2.75, 3.05) is 32.8 Å². The topological polar surface area (TPSA) is 98.0 Å². The smallest absolute Gasteiger partial charge is 0.303 e. The van der Waals surface area contributed by atoms with Crippen LogP contribution in [0.25, 0.3) is 0 Å². The molecule has 6 nitrogen and oxygen atoms in total. The van der Waals surface area contributed by atoms with Crippen LogP contribution < -0.4 is 0 Å². The maximum atomic E-state index is 11.0. The van der Waals surface area contributed by atoms with E-state index in [1.54, 1.807) is 0 Å². The molecule has 0 spiro atoms. The molecule has 222 valence electrons. The number of carboxylic acid groups (broad SMARTS) is 1. The molecule has 6 heteroatoms. The van der Waals surface area contributed by atoms with Crippen molar-refractivity contribution in [2.24, 2.45) is 0 Å². The third-order valence-electron chi connectivity index (χ3n) is 8.00. The molecule has 2 unspecified atom stereocenters. The molecule has 0 saturated carbocycles. The summed E-state index contributed by atoms with van der Waals surface area (Å²) in [4.78, 5) is 11.0. The van der Waals surface area contributed by atoms with Crippen molar-refractivity contribution in [3.05, 3.63) is 0 Å². The first-order valence-corrected chi connectivity index (χ1v) is 15.9. The zero-order valence-electron chi connectivity index (χ0n) is 24.7. The first-order chi connectivity index (χ1) is 17.9. The minimum absolute atomic E-state index is 0.0701. The SMILES string of the molecule is CCCCCCCCCC(O)CC[N+](CCO)(CCCCC(=O)O)CCC(O)CCCCCCCCC. The molecule has 0 radical (unpaired) electrons. The molecule has 2 atom stereocenters. The second-order valence-corrected chi connectivity index (χ2v) is 11.5. The molecule has 0 aliphatic rings. The summed E-state index contributed by atoms with van der Waals surface area (Å²) in [5, 5.41) is 40.2. The Bertz CT molecular complexity index is 474. The lowest BCUT2D eigenvalue weighted by molar-refractivity contribution is -0.929. The van der Waals surface area contributed by atoms with E-state index >= 15 is 0 Å². The van der Waals surface area contributed by atoms with Gasteiger partial charge in [0.1, 0.15) is 6.54 Å². The van der Waals surface area contributed by atoms with Gasteiger partial charge in [-0.15, -0.1) is 0 Å². The van der Waals surface area contributed by atoms with Gasteiger partial charge in [0.05, 0.1) is 38.4 Å². The summed E-state index contributed by atoms with van der Waals surface area (Å²) < 4.78 is 0.665. The van der Waals surface area contributed by atoms with E-state index in [4.69, 9.17) is 5.11 Å². The molecule has 0 amide bonds. The molecule has 0 aromatic rings. The number of hydrogen-bond donors (Lipinski definition) is 4. The predicted octanol–water partition coefficient (Wildman–Crippen LogP) is 6.83. The van der Waals surface area contributed by atoms with Gasteiger partial charge in [-0.1, -0.05) is 104 Å². The van der Waals surface area contributed by atoms with Crippen LogP contribution in [0.4, 0.5) is 0 Å². The van der Waals surface area contributed by atoms with Crippen LogP contribution in [0.5, 0.6) is 0 Å². The van der Waals surface area contributed by atoms with E-state index in [9.17, 15) is 20.1 Å². The highest BCUT2D eigenvalue weighted by Gasteiger charge is 2.28. The summed E-state index contributed by atoms with van der Waals surface area (Å²) in [5.41, 5.74) is 0. The number of quaternary nitrogens is 1. The number of nitrogens with zero attached hydrogens (tertiary/aromatic N) is 1. The molecular formula is C31H64NO5+. The number of carbonyl (C=O) groups is 1. The highest BCUT2D eigenvalue weighted by Crippen LogP contribution is 2.19. The van der Waals surface area contributed by atoms with Crippen LogP contribution >= 0.6 is 0 Å².